The van der Waals surface area contributed by atoms with Gasteiger partial charge in [-0.3, -0.25) is 0 Å². The average molecular weight is 205 g/mol. The lowest BCUT2D eigenvalue weighted by molar-refractivity contribution is 0.0591. The third-order valence-corrected chi connectivity index (χ3v) is 1.43. The molecule has 0 spiro atoms. The van der Waals surface area contributed by atoms with Crippen molar-refractivity contribution in [3.05, 3.63) is 29.3 Å². The van der Waals surface area contributed by atoms with Gasteiger partial charge >= 0.3 is 5.97 Å². The van der Waals surface area contributed by atoms with Crippen LogP contribution in [0.3, 0.4) is 0 Å². The van der Waals surface area contributed by atoms with E-state index in [0.717, 1.165) is 13.2 Å². The van der Waals surface area contributed by atoms with Gasteiger partial charge in [-0.1, -0.05) is 0 Å². The van der Waals surface area contributed by atoms with Crippen LogP contribution in [0, 0.1) is 5.82 Å². The van der Waals surface area contributed by atoms with Crippen LogP contribution >= 0.6 is 0 Å². The lowest BCUT2D eigenvalue weighted by Gasteiger charge is -2.02. The third kappa shape index (κ3) is 2.21. The van der Waals surface area contributed by atoms with Crippen molar-refractivity contribution in [3.8, 4) is 0 Å². The van der Waals surface area contributed by atoms with Gasteiger partial charge in [-0.15, -0.1) is 0 Å². The molecule has 0 unspecified atom stereocenters. The van der Waals surface area contributed by atoms with E-state index in [1.807, 2.05) is 0 Å². The maximum Gasteiger partial charge on any atom is 0.356 e. The van der Waals surface area contributed by atoms with Gasteiger partial charge in [0.25, 0.3) is 6.43 Å². The summed E-state index contributed by atoms with van der Waals surface area (Å²) in [6.45, 7) is 0. The predicted octanol–water partition coefficient (Wildman–Crippen LogP) is 1.94. The molecule has 0 amide bonds. The summed E-state index contributed by atoms with van der Waals surface area (Å²) in [7, 11) is 1.05. The van der Waals surface area contributed by atoms with Crippen LogP contribution in [0.2, 0.25) is 0 Å². The van der Waals surface area contributed by atoms with Gasteiger partial charge in [0.2, 0.25) is 0 Å². The molecular weight excluding hydrogens is 199 g/mol. The Labute approximate surface area is 77.5 Å². The Morgan fingerprint density at radius 3 is 2.64 bits per heavy atom. The number of nitrogens with zero attached hydrogens (tertiary/aromatic N) is 1. The molecule has 1 rings (SSSR count). The van der Waals surface area contributed by atoms with Crippen LogP contribution < -0.4 is 0 Å². The van der Waals surface area contributed by atoms with Crippen molar-refractivity contribution in [1.29, 1.82) is 0 Å². The summed E-state index contributed by atoms with van der Waals surface area (Å²) in [5, 5.41) is 0. The van der Waals surface area contributed by atoms with Gasteiger partial charge < -0.3 is 4.74 Å². The second-order valence-electron chi connectivity index (χ2n) is 2.39. The van der Waals surface area contributed by atoms with Gasteiger partial charge in [0, 0.05) is 12.1 Å². The first-order chi connectivity index (χ1) is 6.54. The Morgan fingerprint density at radius 1 is 1.50 bits per heavy atom. The number of ether oxygens (including phenoxy) is 1. The molecule has 0 aliphatic carbocycles. The van der Waals surface area contributed by atoms with Crippen molar-refractivity contribution in [2.45, 2.75) is 6.43 Å². The Hall–Kier alpha value is -1.59. The number of esters is 1. The Balaban J connectivity index is 3.13. The molecule has 0 aliphatic heterocycles. The van der Waals surface area contributed by atoms with Crippen molar-refractivity contribution in [1.82, 2.24) is 4.98 Å². The largest absolute Gasteiger partial charge is 0.464 e. The minimum Gasteiger partial charge on any atom is -0.464 e. The molecule has 14 heavy (non-hydrogen) atoms. The van der Waals surface area contributed by atoms with Crippen LogP contribution in [-0.2, 0) is 4.74 Å². The van der Waals surface area contributed by atoms with Crippen LogP contribution in [0.25, 0.3) is 0 Å². The first-order valence-corrected chi connectivity index (χ1v) is 3.58. The number of carbonyl (C=O) groups excluding carboxylic acids is 1. The number of rotatable bonds is 2. The van der Waals surface area contributed by atoms with E-state index in [1.54, 1.807) is 0 Å². The quantitative estimate of drug-likeness (QED) is 0.692. The molecule has 1 heterocycles. The highest BCUT2D eigenvalue weighted by atomic mass is 19.3. The summed E-state index contributed by atoms with van der Waals surface area (Å²) in [4.78, 5) is 14.1. The van der Waals surface area contributed by atoms with E-state index < -0.39 is 29.6 Å². The number of carbonyl (C=O) groups is 1. The number of pyridine rings is 1. The highest BCUT2D eigenvalue weighted by Gasteiger charge is 2.15. The molecule has 0 aliphatic rings. The highest BCUT2D eigenvalue weighted by molar-refractivity contribution is 5.87. The molecule has 0 saturated heterocycles. The van der Waals surface area contributed by atoms with Gasteiger partial charge in [0.1, 0.15) is 11.5 Å². The predicted molar refractivity (Wildman–Crippen MR) is 40.5 cm³/mol. The molecule has 0 aromatic carbocycles. The first kappa shape index (κ1) is 10.5. The zero-order valence-electron chi connectivity index (χ0n) is 7.13. The van der Waals surface area contributed by atoms with Crippen LogP contribution in [-0.4, -0.2) is 18.1 Å². The highest BCUT2D eigenvalue weighted by Crippen LogP contribution is 2.18. The molecule has 0 fully saturated rings. The van der Waals surface area contributed by atoms with Crippen LogP contribution in [0.15, 0.2) is 12.1 Å². The molecule has 1 aromatic heterocycles. The average Bonchev–Trinajstić information content (AvgIpc) is 2.15. The topological polar surface area (TPSA) is 39.2 Å². The van der Waals surface area contributed by atoms with Gasteiger partial charge in [-0.2, -0.15) is 0 Å². The molecule has 3 nitrogen and oxygen atoms in total. The van der Waals surface area contributed by atoms with E-state index in [9.17, 15) is 18.0 Å². The lowest BCUT2D eigenvalue weighted by atomic mass is 10.3. The number of methoxy groups -OCH3 is 1. The van der Waals surface area contributed by atoms with E-state index in [4.69, 9.17) is 0 Å². The van der Waals surface area contributed by atoms with Crippen LogP contribution in [0.5, 0.6) is 0 Å². The molecule has 6 heteroatoms. The van der Waals surface area contributed by atoms with Crippen molar-refractivity contribution >= 4 is 5.97 Å². The van der Waals surface area contributed by atoms with Gasteiger partial charge in [0.15, 0.2) is 5.69 Å². The van der Waals surface area contributed by atoms with Crippen molar-refractivity contribution in [2.24, 2.45) is 0 Å². The SMILES string of the molecule is COC(=O)c1cc(F)cc(C(F)F)n1. The summed E-state index contributed by atoms with van der Waals surface area (Å²) in [6, 6.07) is 1.30. The third-order valence-electron chi connectivity index (χ3n) is 1.43. The molecule has 0 radical (unpaired) electrons. The second kappa shape index (κ2) is 4.08. The monoisotopic (exact) mass is 205 g/mol. The fraction of sp³-hybridized carbons (Fsp3) is 0.250. The van der Waals surface area contributed by atoms with E-state index in [-0.39, 0.29) is 0 Å². The first-order valence-electron chi connectivity index (χ1n) is 3.58. The van der Waals surface area contributed by atoms with E-state index in [1.165, 1.54) is 0 Å². The maximum absolute atomic E-state index is 12.7. The van der Waals surface area contributed by atoms with E-state index >= 15 is 0 Å². The fourth-order valence-electron chi connectivity index (χ4n) is 0.838. The summed E-state index contributed by atoms with van der Waals surface area (Å²) < 4.78 is 41.1. The zero-order chi connectivity index (χ0) is 10.7. The van der Waals surface area contributed by atoms with Crippen LogP contribution in [0.4, 0.5) is 13.2 Å². The minimum absolute atomic E-state index is 0.470. The van der Waals surface area contributed by atoms with Crippen molar-refractivity contribution in [2.75, 3.05) is 7.11 Å². The fourth-order valence-corrected chi connectivity index (χ4v) is 0.838. The van der Waals surface area contributed by atoms with Gasteiger partial charge in [-0.05, 0) is 0 Å². The smallest absolute Gasteiger partial charge is 0.356 e. The molecule has 0 saturated carbocycles. The maximum atomic E-state index is 12.7. The number of hydrogen-bond acceptors (Lipinski definition) is 3. The van der Waals surface area contributed by atoms with Crippen molar-refractivity contribution < 1.29 is 22.7 Å². The lowest BCUT2D eigenvalue weighted by Crippen LogP contribution is -2.07. The Bertz CT molecular complexity index is 354. The number of hydrogen-bond donors (Lipinski definition) is 0. The van der Waals surface area contributed by atoms with Crippen molar-refractivity contribution in [3.63, 3.8) is 0 Å². The number of halogens is 3. The Morgan fingerprint density at radius 2 is 2.14 bits per heavy atom. The molecule has 76 valence electrons. The van der Waals surface area contributed by atoms with Gasteiger partial charge in [0.05, 0.1) is 7.11 Å². The molecular formula is C8H6F3NO2. The zero-order valence-corrected chi connectivity index (χ0v) is 7.13. The standard InChI is InChI=1S/C8H6F3NO2/c1-14-8(13)6-3-4(9)2-5(12-6)7(10)11/h2-3,7H,1H3. The van der Waals surface area contributed by atoms with E-state index in [0.29, 0.717) is 6.07 Å². The molecule has 0 atom stereocenters. The van der Waals surface area contributed by atoms with Gasteiger partial charge in [-0.25, -0.2) is 22.9 Å². The van der Waals surface area contributed by atoms with E-state index in [2.05, 4.69) is 9.72 Å². The minimum atomic E-state index is -2.92. The molecule has 0 bridgehead atoms. The number of aromatic nitrogens is 1. The Kier molecular flexibility index (Phi) is 3.06. The molecule has 0 N–H and O–H groups in total. The normalized spacial score (nSPS) is 10.4. The summed E-state index contributed by atoms with van der Waals surface area (Å²) in [5.74, 6) is -1.90. The summed E-state index contributed by atoms with van der Waals surface area (Å²) in [6.07, 6.45) is -2.92. The summed E-state index contributed by atoms with van der Waals surface area (Å²) >= 11 is 0. The molecule has 1 aromatic rings. The second-order valence-corrected chi connectivity index (χ2v) is 2.39. The summed E-state index contributed by atoms with van der Waals surface area (Å²) in [5.41, 5.74) is -1.26. The number of alkyl halides is 2. The van der Waals surface area contributed by atoms with Crippen LogP contribution in [0.1, 0.15) is 22.6 Å².